The van der Waals surface area contributed by atoms with Gasteiger partial charge in [0.1, 0.15) is 6.61 Å². The lowest BCUT2D eigenvalue weighted by Crippen LogP contribution is -2.43. The summed E-state index contributed by atoms with van der Waals surface area (Å²) in [5.74, 6) is -0.630. The summed E-state index contributed by atoms with van der Waals surface area (Å²) in [4.78, 5) is 39.8. The molecule has 0 saturated carbocycles. The molecular formula is C37H26N12O5. The van der Waals surface area contributed by atoms with E-state index >= 15 is 0 Å². The maximum Gasteiger partial charge on any atom is 0.369 e. The molecule has 2 amide bonds. The van der Waals surface area contributed by atoms with Gasteiger partial charge in [-0.3, -0.25) is 14.5 Å². The Morgan fingerprint density at radius 3 is 2.20 bits per heavy atom. The van der Waals surface area contributed by atoms with Crippen molar-refractivity contribution in [2.75, 3.05) is 18.0 Å². The third kappa shape index (κ3) is 5.75. The summed E-state index contributed by atoms with van der Waals surface area (Å²) >= 11 is 0. The van der Waals surface area contributed by atoms with Crippen LogP contribution in [0.5, 0.6) is 5.88 Å². The molecule has 0 fully saturated rings. The molecule has 3 aromatic heterocycles. The van der Waals surface area contributed by atoms with Gasteiger partial charge in [-0.15, -0.1) is 4.73 Å². The SMILES string of the molecule is N#Cc1c(-c2cc(N=Nc3cccc(COc4nc(N)nc5c4ncn5CCN4C(=O)c5ccccc5C4=O)c3)ccc2N)[n+]([O-])c2ccccc2[n+]1[O-]. The minimum absolute atomic E-state index is 0.0469. The van der Waals surface area contributed by atoms with Crippen LogP contribution in [0, 0.1) is 21.7 Å². The van der Waals surface area contributed by atoms with Gasteiger partial charge in [0, 0.05) is 30.9 Å². The van der Waals surface area contributed by atoms with Gasteiger partial charge in [-0.05, 0) is 48.0 Å². The van der Waals surface area contributed by atoms with Crippen LogP contribution >= 0.6 is 0 Å². The highest BCUT2D eigenvalue weighted by Gasteiger charge is 2.35. The van der Waals surface area contributed by atoms with Gasteiger partial charge in [-0.2, -0.15) is 30.2 Å². The molecule has 1 aliphatic heterocycles. The zero-order valence-corrected chi connectivity index (χ0v) is 28.0. The molecule has 0 bridgehead atoms. The number of aromatic nitrogens is 6. The van der Waals surface area contributed by atoms with Gasteiger partial charge in [-0.25, -0.2) is 4.98 Å². The van der Waals surface area contributed by atoms with E-state index < -0.39 is 5.69 Å². The Hall–Kier alpha value is -8.00. The summed E-state index contributed by atoms with van der Waals surface area (Å²) in [5.41, 5.74) is 15.0. The molecule has 0 saturated heterocycles. The van der Waals surface area contributed by atoms with Crippen molar-refractivity contribution in [3.8, 4) is 23.2 Å². The molecule has 4 heterocycles. The van der Waals surface area contributed by atoms with Gasteiger partial charge in [-0.1, -0.05) is 36.4 Å². The summed E-state index contributed by atoms with van der Waals surface area (Å²) in [6.45, 7) is 0.373. The van der Waals surface area contributed by atoms with Crippen LogP contribution in [0.15, 0.2) is 108 Å². The molecule has 264 valence electrons. The van der Waals surface area contributed by atoms with Crippen molar-refractivity contribution in [1.29, 1.82) is 5.26 Å². The van der Waals surface area contributed by atoms with E-state index in [1.165, 1.54) is 35.5 Å². The number of azo groups is 1. The summed E-state index contributed by atoms with van der Waals surface area (Å²) in [5, 5.41) is 44.8. The first-order valence-corrected chi connectivity index (χ1v) is 16.4. The number of carbonyl (C=O) groups excluding carboxylic acids is 2. The number of nitrogens with two attached hydrogens (primary N) is 2. The number of amides is 2. The molecule has 17 heteroatoms. The second-order valence-electron chi connectivity index (χ2n) is 12.1. The topological polar surface area (TPSA) is 245 Å². The number of hydrogen-bond acceptors (Lipinski definition) is 13. The molecule has 0 atom stereocenters. The molecule has 0 radical (unpaired) electrons. The van der Waals surface area contributed by atoms with Crippen molar-refractivity contribution in [1.82, 2.24) is 24.4 Å². The third-order valence-electron chi connectivity index (χ3n) is 8.81. The highest BCUT2D eigenvalue weighted by atomic mass is 16.5. The number of nitrogen functional groups attached to an aromatic ring is 2. The van der Waals surface area contributed by atoms with Crippen molar-refractivity contribution < 1.29 is 23.8 Å². The highest BCUT2D eigenvalue weighted by Crippen LogP contribution is 2.32. The van der Waals surface area contributed by atoms with E-state index in [0.29, 0.717) is 48.7 Å². The number of carbonyl (C=O) groups is 2. The average molecular weight is 719 g/mol. The van der Waals surface area contributed by atoms with Gasteiger partial charge < -0.3 is 31.2 Å². The molecule has 4 aromatic carbocycles. The van der Waals surface area contributed by atoms with E-state index in [-0.39, 0.29) is 71.3 Å². The fraction of sp³-hybridized carbons (Fsp3) is 0.0811. The average Bonchev–Trinajstić information content (AvgIpc) is 3.70. The Bertz CT molecular complexity index is 2720. The Morgan fingerprint density at radius 1 is 0.796 bits per heavy atom. The lowest BCUT2D eigenvalue weighted by molar-refractivity contribution is -0.622. The molecule has 1 aliphatic rings. The number of benzene rings is 4. The van der Waals surface area contributed by atoms with Crippen molar-refractivity contribution in [2.45, 2.75) is 13.2 Å². The van der Waals surface area contributed by atoms with E-state index in [9.17, 15) is 25.3 Å². The molecule has 17 nitrogen and oxygen atoms in total. The minimum atomic E-state index is -0.409. The van der Waals surface area contributed by atoms with Crippen LogP contribution in [0.4, 0.5) is 23.0 Å². The van der Waals surface area contributed by atoms with Gasteiger partial charge >= 0.3 is 11.4 Å². The summed E-state index contributed by atoms with van der Waals surface area (Å²) in [7, 11) is 0. The van der Waals surface area contributed by atoms with Gasteiger partial charge in [0.2, 0.25) is 11.8 Å². The monoisotopic (exact) mass is 718 g/mol. The van der Waals surface area contributed by atoms with Crippen molar-refractivity contribution in [3.05, 3.63) is 130 Å². The highest BCUT2D eigenvalue weighted by molar-refractivity contribution is 6.21. The Kier molecular flexibility index (Phi) is 8.15. The van der Waals surface area contributed by atoms with Crippen LogP contribution in [0.2, 0.25) is 0 Å². The number of hydrogen-bond donors (Lipinski definition) is 2. The maximum atomic E-state index is 13.4. The van der Waals surface area contributed by atoms with E-state index in [0.717, 1.165) is 0 Å². The summed E-state index contributed by atoms with van der Waals surface area (Å²) in [6, 6.07) is 26.3. The van der Waals surface area contributed by atoms with Gasteiger partial charge in [0.05, 0.1) is 34.4 Å². The molecule has 0 unspecified atom stereocenters. The zero-order valence-electron chi connectivity index (χ0n) is 28.0. The van der Waals surface area contributed by atoms with Crippen LogP contribution < -0.4 is 25.7 Å². The Balaban J connectivity index is 0.991. The van der Waals surface area contributed by atoms with Crippen LogP contribution in [0.1, 0.15) is 32.0 Å². The lowest BCUT2D eigenvalue weighted by Gasteiger charge is -2.14. The van der Waals surface area contributed by atoms with Crippen molar-refractivity contribution in [2.24, 2.45) is 10.2 Å². The largest absolute Gasteiger partial charge is 0.617 e. The zero-order chi connectivity index (χ0) is 37.5. The number of imide groups is 1. The number of para-hydroxylation sites is 2. The first-order chi connectivity index (χ1) is 26.2. The van der Waals surface area contributed by atoms with E-state index in [2.05, 4.69) is 25.2 Å². The number of ether oxygens (including phenoxy) is 1. The number of nitriles is 1. The molecule has 8 rings (SSSR count). The Morgan fingerprint density at radius 2 is 1.48 bits per heavy atom. The number of imidazole rings is 1. The molecule has 54 heavy (non-hydrogen) atoms. The van der Waals surface area contributed by atoms with E-state index in [1.807, 2.05) is 12.1 Å². The fourth-order valence-corrected chi connectivity index (χ4v) is 6.21. The summed E-state index contributed by atoms with van der Waals surface area (Å²) < 4.78 is 8.62. The summed E-state index contributed by atoms with van der Waals surface area (Å²) in [6.07, 6.45) is 1.52. The number of fused-ring (bicyclic) bond motifs is 3. The van der Waals surface area contributed by atoms with Crippen LogP contribution in [-0.4, -0.2) is 42.8 Å². The normalized spacial score (nSPS) is 12.5. The van der Waals surface area contributed by atoms with Gasteiger partial charge in [0.25, 0.3) is 22.8 Å². The molecular weight excluding hydrogens is 692 g/mol. The molecule has 7 aromatic rings. The maximum absolute atomic E-state index is 13.4. The van der Waals surface area contributed by atoms with Crippen LogP contribution in [0.25, 0.3) is 33.5 Å². The Labute approximate surface area is 304 Å². The number of anilines is 2. The minimum Gasteiger partial charge on any atom is -0.617 e. The first-order valence-electron chi connectivity index (χ1n) is 16.4. The molecule has 0 aliphatic carbocycles. The second kappa shape index (κ2) is 13.3. The number of nitrogens with zero attached hydrogens (tertiary/aromatic N) is 10. The molecule has 4 N–H and O–H groups in total. The van der Waals surface area contributed by atoms with E-state index in [1.54, 1.807) is 65.2 Å². The quantitative estimate of drug-likeness (QED) is 0.0703. The lowest BCUT2D eigenvalue weighted by atomic mass is 10.1. The predicted molar refractivity (Wildman–Crippen MR) is 193 cm³/mol. The predicted octanol–water partition coefficient (Wildman–Crippen LogP) is 4.24. The van der Waals surface area contributed by atoms with Crippen molar-refractivity contribution >= 4 is 57.0 Å². The van der Waals surface area contributed by atoms with E-state index in [4.69, 9.17) is 16.2 Å². The van der Waals surface area contributed by atoms with Gasteiger partial charge in [0.15, 0.2) is 17.2 Å². The van der Waals surface area contributed by atoms with Crippen LogP contribution in [-0.2, 0) is 13.2 Å². The van der Waals surface area contributed by atoms with Crippen molar-refractivity contribution in [3.63, 3.8) is 0 Å². The number of rotatable bonds is 9. The smallest absolute Gasteiger partial charge is 0.369 e. The molecule has 0 spiro atoms. The third-order valence-corrected chi connectivity index (χ3v) is 8.81. The fourth-order valence-electron chi connectivity index (χ4n) is 6.21. The first kappa shape index (κ1) is 33.2. The standard InChI is InChI=1S/C37H26N12O5/c38-18-30-32(49(53)29-11-4-3-10-28(29)48(30)52)26-17-23(12-13-27(26)39)45-44-22-7-5-6-21(16-22)19-54-34-31-33(42-37(40)43-34)46(20-41-31)14-15-47-35(50)24-8-1-2-9-25(24)36(47)51/h1-13,16-17,20H,14-15,19,39H2,(H2,40,42,43). The second-order valence-corrected chi connectivity index (χ2v) is 12.1. The van der Waals surface area contributed by atoms with Crippen LogP contribution in [0.3, 0.4) is 0 Å².